The van der Waals surface area contributed by atoms with Gasteiger partial charge in [0.05, 0.1) is 12.4 Å². The lowest BCUT2D eigenvalue weighted by molar-refractivity contribution is 0.0945. The van der Waals surface area contributed by atoms with E-state index in [2.05, 4.69) is 34.4 Å². The predicted octanol–water partition coefficient (Wildman–Crippen LogP) is 2.47. The molecule has 0 spiro atoms. The van der Waals surface area contributed by atoms with Crippen LogP contribution in [-0.2, 0) is 6.54 Å². The van der Waals surface area contributed by atoms with Crippen molar-refractivity contribution >= 4 is 11.7 Å². The SMILES string of the molecule is CC(C)CNc1cnc(C(=O)NCc2ccccc2)cn1. The maximum atomic E-state index is 12.0. The quantitative estimate of drug-likeness (QED) is 0.855. The van der Waals surface area contributed by atoms with Gasteiger partial charge in [-0.3, -0.25) is 4.79 Å². The maximum Gasteiger partial charge on any atom is 0.271 e. The highest BCUT2D eigenvalue weighted by atomic mass is 16.1. The van der Waals surface area contributed by atoms with Crippen LogP contribution in [0, 0.1) is 5.92 Å². The van der Waals surface area contributed by atoms with Gasteiger partial charge in [-0.15, -0.1) is 0 Å². The van der Waals surface area contributed by atoms with Gasteiger partial charge in [-0.1, -0.05) is 44.2 Å². The Labute approximate surface area is 124 Å². The highest BCUT2D eigenvalue weighted by Gasteiger charge is 2.07. The third-order valence-electron chi connectivity index (χ3n) is 2.87. The molecule has 2 aromatic rings. The van der Waals surface area contributed by atoms with Crippen LogP contribution in [0.1, 0.15) is 29.9 Å². The van der Waals surface area contributed by atoms with Crippen LogP contribution < -0.4 is 10.6 Å². The molecule has 0 radical (unpaired) electrons. The molecular weight excluding hydrogens is 264 g/mol. The second-order valence-corrected chi connectivity index (χ2v) is 5.23. The molecule has 0 aliphatic heterocycles. The van der Waals surface area contributed by atoms with Gasteiger partial charge >= 0.3 is 0 Å². The average Bonchev–Trinajstić information content (AvgIpc) is 2.52. The van der Waals surface area contributed by atoms with E-state index in [-0.39, 0.29) is 5.91 Å². The zero-order valence-corrected chi connectivity index (χ0v) is 12.3. The molecule has 2 rings (SSSR count). The summed E-state index contributed by atoms with van der Waals surface area (Å²) in [5.41, 5.74) is 1.37. The van der Waals surface area contributed by atoms with Crippen LogP contribution in [-0.4, -0.2) is 22.4 Å². The molecule has 21 heavy (non-hydrogen) atoms. The van der Waals surface area contributed by atoms with E-state index in [0.717, 1.165) is 12.1 Å². The predicted molar refractivity (Wildman–Crippen MR) is 83.0 cm³/mol. The van der Waals surface area contributed by atoms with E-state index in [1.54, 1.807) is 6.20 Å². The van der Waals surface area contributed by atoms with Crippen molar-refractivity contribution in [3.63, 3.8) is 0 Å². The van der Waals surface area contributed by atoms with Gasteiger partial charge in [0.1, 0.15) is 11.5 Å². The smallest absolute Gasteiger partial charge is 0.271 e. The fraction of sp³-hybridized carbons (Fsp3) is 0.312. The summed E-state index contributed by atoms with van der Waals surface area (Å²) in [6, 6.07) is 9.75. The molecule has 5 heteroatoms. The largest absolute Gasteiger partial charge is 0.369 e. The number of aromatic nitrogens is 2. The first-order valence-corrected chi connectivity index (χ1v) is 7.03. The van der Waals surface area contributed by atoms with Crippen LogP contribution in [0.5, 0.6) is 0 Å². The van der Waals surface area contributed by atoms with Crippen LogP contribution in [0.2, 0.25) is 0 Å². The summed E-state index contributed by atoms with van der Waals surface area (Å²) in [7, 11) is 0. The van der Waals surface area contributed by atoms with Crippen LogP contribution >= 0.6 is 0 Å². The van der Waals surface area contributed by atoms with Crippen LogP contribution in [0.25, 0.3) is 0 Å². The third-order valence-corrected chi connectivity index (χ3v) is 2.87. The van der Waals surface area contributed by atoms with Gasteiger partial charge in [-0.05, 0) is 11.5 Å². The molecule has 0 saturated heterocycles. The van der Waals surface area contributed by atoms with Gasteiger partial charge < -0.3 is 10.6 Å². The first kappa shape index (κ1) is 15.0. The molecule has 0 unspecified atom stereocenters. The first-order valence-electron chi connectivity index (χ1n) is 7.03. The number of hydrogen-bond donors (Lipinski definition) is 2. The van der Waals surface area contributed by atoms with Crippen molar-refractivity contribution in [2.75, 3.05) is 11.9 Å². The van der Waals surface area contributed by atoms with Crippen molar-refractivity contribution in [2.24, 2.45) is 5.92 Å². The Morgan fingerprint density at radius 3 is 2.52 bits per heavy atom. The molecule has 2 N–H and O–H groups in total. The molecular formula is C16H20N4O. The standard InChI is InChI=1S/C16H20N4O/c1-12(2)8-18-15-11-17-14(10-19-15)16(21)20-9-13-6-4-3-5-7-13/h3-7,10-12H,8-9H2,1-2H3,(H,18,19)(H,20,21). The van der Waals surface area contributed by atoms with Gasteiger partial charge in [0.25, 0.3) is 5.91 Å². The van der Waals surface area contributed by atoms with Gasteiger partial charge in [0.2, 0.25) is 0 Å². The summed E-state index contributed by atoms with van der Waals surface area (Å²) in [5.74, 6) is 0.991. The van der Waals surface area contributed by atoms with Crippen LogP contribution in [0.3, 0.4) is 0 Å². The van der Waals surface area contributed by atoms with E-state index in [0.29, 0.717) is 24.0 Å². The molecule has 0 aliphatic carbocycles. The van der Waals surface area contributed by atoms with Crippen LogP contribution in [0.15, 0.2) is 42.7 Å². The molecule has 5 nitrogen and oxygen atoms in total. The fourth-order valence-corrected chi connectivity index (χ4v) is 1.71. The monoisotopic (exact) mass is 284 g/mol. The zero-order chi connectivity index (χ0) is 15.1. The topological polar surface area (TPSA) is 66.9 Å². The fourth-order valence-electron chi connectivity index (χ4n) is 1.71. The number of nitrogens with one attached hydrogen (secondary N) is 2. The minimum atomic E-state index is -0.221. The van der Waals surface area contributed by atoms with E-state index in [4.69, 9.17) is 0 Å². The molecule has 110 valence electrons. The third kappa shape index (κ3) is 4.87. The lowest BCUT2D eigenvalue weighted by Crippen LogP contribution is -2.24. The molecule has 0 fully saturated rings. The van der Waals surface area contributed by atoms with E-state index >= 15 is 0 Å². The number of amides is 1. The van der Waals surface area contributed by atoms with Gasteiger partial charge in [-0.25, -0.2) is 9.97 Å². The van der Waals surface area contributed by atoms with Gasteiger partial charge in [0, 0.05) is 13.1 Å². The van der Waals surface area contributed by atoms with Crippen molar-refractivity contribution in [2.45, 2.75) is 20.4 Å². The Bertz CT molecular complexity index is 567. The van der Waals surface area contributed by atoms with Crippen molar-refractivity contribution in [3.8, 4) is 0 Å². The lowest BCUT2D eigenvalue weighted by atomic mass is 10.2. The lowest BCUT2D eigenvalue weighted by Gasteiger charge is -2.08. The van der Waals surface area contributed by atoms with E-state index in [1.165, 1.54) is 6.20 Å². The molecule has 1 aromatic carbocycles. The van der Waals surface area contributed by atoms with Crippen molar-refractivity contribution in [1.29, 1.82) is 0 Å². The molecule has 1 aromatic heterocycles. The summed E-state index contributed by atoms with van der Waals surface area (Å²) < 4.78 is 0. The second kappa shape index (κ2) is 7.38. The van der Waals surface area contributed by atoms with Gasteiger partial charge in [0.15, 0.2) is 0 Å². The second-order valence-electron chi connectivity index (χ2n) is 5.23. The Hall–Kier alpha value is -2.43. The minimum Gasteiger partial charge on any atom is -0.369 e. The highest BCUT2D eigenvalue weighted by Crippen LogP contribution is 2.03. The summed E-state index contributed by atoms with van der Waals surface area (Å²) in [6.45, 7) is 5.54. The first-order chi connectivity index (χ1) is 10.1. The van der Waals surface area contributed by atoms with E-state index < -0.39 is 0 Å². The van der Waals surface area contributed by atoms with E-state index in [1.807, 2.05) is 30.3 Å². The Kier molecular flexibility index (Phi) is 5.26. The molecule has 0 atom stereocenters. The molecule has 1 heterocycles. The van der Waals surface area contributed by atoms with Crippen molar-refractivity contribution in [3.05, 3.63) is 54.0 Å². The summed E-state index contributed by atoms with van der Waals surface area (Å²) in [6.07, 6.45) is 3.07. The number of nitrogens with zero attached hydrogens (tertiary/aromatic N) is 2. The molecule has 0 aliphatic rings. The molecule has 0 bridgehead atoms. The van der Waals surface area contributed by atoms with Gasteiger partial charge in [-0.2, -0.15) is 0 Å². The number of carbonyl (C=O) groups excluding carboxylic acids is 1. The minimum absolute atomic E-state index is 0.221. The summed E-state index contributed by atoms with van der Waals surface area (Å²) >= 11 is 0. The van der Waals surface area contributed by atoms with Crippen molar-refractivity contribution in [1.82, 2.24) is 15.3 Å². The highest BCUT2D eigenvalue weighted by molar-refractivity contribution is 5.91. The Morgan fingerprint density at radius 1 is 1.14 bits per heavy atom. The molecule has 1 amide bonds. The molecule has 0 saturated carbocycles. The summed E-state index contributed by atoms with van der Waals surface area (Å²) in [5, 5.41) is 5.99. The normalized spacial score (nSPS) is 10.4. The Morgan fingerprint density at radius 2 is 1.90 bits per heavy atom. The summed E-state index contributed by atoms with van der Waals surface area (Å²) in [4.78, 5) is 20.3. The Balaban J connectivity index is 1.88. The maximum absolute atomic E-state index is 12.0. The average molecular weight is 284 g/mol. The number of anilines is 1. The van der Waals surface area contributed by atoms with Crippen molar-refractivity contribution < 1.29 is 4.79 Å². The number of carbonyl (C=O) groups is 1. The van der Waals surface area contributed by atoms with Crippen LogP contribution in [0.4, 0.5) is 5.82 Å². The number of rotatable bonds is 6. The van der Waals surface area contributed by atoms with E-state index in [9.17, 15) is 4.79 Å². The number of hydrogen-bond acceptors (Lipinski definition) is 4. The zero-order valence-electron chi connectivity index (χ0n) is 12.3. The number of benzene rings is 1.